The van der Waals surface area contributed by atoms with Gasteiger partial charge in [0, 0.05) is 24.5 Å². The van der Waals surface area contributed by atoms with E-state index in [4.69, 9.17) is 5.26 Å². The largest absolute Gasteiger partial charge is 0.351 e. The van der Waals surface area contributed by atoms with Gasteiger partial charge < -0.3 is 10.6 Å². The summed E-state index contributed by atoms with van der Waals surface area (Å²) in [6, 6.07) is 9.74. The zero-order valence-electron chi connectivity index (χ0n) is 12.7. The van der Waals surface area contributed by atoms with Crippen molar-refractivity contribution in [3.8, 4) is 6.07 Å². The minimum Gasteiger partial charge on any atom is -0.351 e. The predicted molar refractivity (Wildman–Crippen MR) is 80.1 cm³/mol. The Morgan fingerprint density at radius 3 is 2.40 bits per heavy atom. The molecule has 4 heteroatoms. The van der Waals surface area contributed by atoms with Gasteiger partial charge >= 0.3 is 0 Å². The van der Waals surface area contributed by atoms with E-state index in [9.17, 15) is 4.79 Å². The van der Waals surface area contributed by atoms with Gasteiger partial charge in [-0.3, -0.25) is 4.79 Å². The van der Waals surface area contributed by atoms with Crippen LogP contribution in [0.4, 0.5) is 0 Å². The molecule has 0 saturated heterocycles. The van der Waals surface area contributed by atoms with Gasteiger partial charge in [0.1, 0.15) is 0 Å². The fraction of sp³-hybridized carbons (Fsp3) is 0.500. The van der Waals surface area contributed by atoms with Crippen LogP contribution in [0.15, 0.2) is 24.3 Å². The highest BCUT2D eigenvalue weighted by molar-refractivity contribution is 5.76. The van der Waals surface area contributed by atoms with Crippen LogP contribution < -0.4 is 10.6 Å². The van der Waals surface area contributed by atoms with Crippen LogP contribution in [0.3, 0.4) is 0 Å². The summed E-state index contributed by atoms with van der Waals surface area (Å²) in [5, 5.41) is 15.0. The van der Waals surface area contributed by atoms with Gasteiger partial charge in [-0.1, -0.05) is 12.1 Å². The molecule has 0 spiro atoms. The molecule has 1 rings (SSSR count). The van der Waals surface area contributed by atoms with Crippen LogP contribution in [0, 0.1) is 11.3 Å². The number of nitrogens with one attached hydrogen (secondary N) is 2. The van der Waals surface area contributed by atoms with Gasteiger partial charge in [-0.05, 0) is 45.4 Å². The zero-order valence-corrected chi connectivity index (χ0v) is 12.7. The van der Waals surface area contributed by atoms with Crippen molar-refractivity contribution in [3.63, 3.8) is 0 Å². The van der Waals surface area contributed by atoms with E-state index >= 15 is 0 Å². The van der Waals surface area contributed by atoms with E-state index in [2.05, 4.69) is 16.7 Å². The van der Waals surface area contributed by atoms with Gasteiger partial charge in [-0.2, -0.15) is 5.26 Å². The Kier molecular flexibility index (Phi) is 5.72. The number of carbonyl (C=O) groups excluding carboxylic acids is 1. The summed E-state index contributed by atoms with van der Waals surface area (Å²) in [4.78, 5) is 11.7. The molecule has 1 unspecified atom stereocenters. The van der Waals surface area contributed by atoms with Crippen molar-refractivity contribution in [1.82, 2.24) is 10.6 Å². The van der Waals surface area contributed by atoms with E-state index in [-0.39, 0.29) is 17.5 Å². The Morgan fingerprint density at radius 1 is 1.30 bits per heavy atom. The molecular weight excluding hydrogens is 250 g/mol. The summed E-state index contributed by atoms with van der Waals surface area (Å²) < 4.78 is 0. The van der Waals surface area contributed by atoms with Gasteiger partial charge in [-0.25, -0.2) is 0 Å². The standard InChI is InChI=1S/C16H23N3O/c1-12(14-7-5-13(11-17)6-8-14)18-10-9-15(20)19-16(2,3)4/h5-8,12,18H,9-10H2,1-4H3,(H,19,20). The van der Waals surface area contributed by atoms with Gasteiger partial charge in [0.2, 0.25) is 5.91 Å². The third kappa shape index (κ3) is 5.85. The van der Waals surface area contributed by atoms with Crippen LogP contribution in [-0.4, -0.2) is 18.0 Å². The maximum Gasteiger partial charge on any atom is 0.221 e. The molecule has 1 amide bonds. The van der Waals surface area contributed by atoms with Crippen LogP contribution in [-0.2, 0) is 4.79 Å². The molecule has 0 aliphatic rings. The van der Waals surface area contributed by atoms with Gasteiger partial charge in [0.25, 0.3) is 0 Å². The first-order valence-corrected chi connectivity index (χ1v) is 6.86. The summed E-state index contributed by atoms with van der Waals surface area (Å²) in [6.45, 7) is 8.58. The van der Waals surface area contributed by atoms with Crippen molar-refractivity contribution >= 4 is 5.91 Å². The molecule has 1 aromatic carbocycles. The summed E-state index contributed by atoms with van der Waals surface area (Å²) in [5.41, 5.74) is 1.58. The molecule has 4 nitrogen and oxygen atoms in total. The van der Waals surface area contributed by atoms with E-state index < -0.39 is 0 Å². The summed E-state index contributed by atoms with van der Waals surface area (Å²) in [5.74, 6) is 0.0528. The highest BCUT2D eigenvalue weighted by Crippen LogP contribution is 2.12. The Balaban J connectivity index is 2.38. The molecular formula is C16H23N3O. The first-order chi connectivity index (χ1) is 9.31. The zero-order chi connectivity index (χ0) is 15.2. The summed E-state index contributed by atoms with van der Waals surface area (Å²) in [6.07, 6.45) is 0.456. The molecule has 0 aliphatic carbocycles. The van der Waals surface area contributed by atoms with Gasteiger partial charge in [-0.15, -0.1) is 0 Å². The topological polar surface area (TPSA) is 64.9 Å². The van der Waals surface area contributed by atoms with E-state index in [0.29, 0.717) is 18.5 Å². The second kappa shape index (κ2) is 7.06. The Labute approximate surface area is 121 Å². The highest BCUT2D eigenvalue weighted by Gasteiger charge is 2.13. The first-order valence-electron chi connectivity index (χ1n) is 6.86. The Bertz CT molecular complexity index is 480. The minimum absolute atomic E-state index is 0.0528. The monoisotopic (exact) mass is 273 g/mol. The normalized spacial score (nSPS) is 12.6. The van der Waals surface area contributed by atoms with Crippen molar-refractivity contribution in [2.24, 2.45) is 0 Å². The quantitative estimate of drug-likeness (QED) is 0.866. The maximum atomic E-state index is 11.7. The second-order valence-electron chi connectivity index (χ2n) is 5.96. The first kappa shape index (κ1) is 16.2. The fourth-order valence-corrected chi connectivity index (χ4v) is 1.85. The molecule has 0 saturated carbocycles. The lowest BCUT2D eigenvalue weighted by molar-refractivity contribution is -0.122. The molecule has 0 heterocycles. The number of benzene rings is 1. The van der Waals surface area contributed by atoms with Crippen LogP contribution in [0.5, 0.6) is 0 Å². The summed E-state index contributed by atoms with van der Waals surface area (Å²) in [7, 11) is 0. The highest BCUT2D eigenvalue weighted by atomic mass is 16.1. The Morgan fingerprint density at radius 2 is 1.90 bits per heavy atom. The number of nitriles is 1. The number of hydrogen-bond donors (Lipinski definition) is 2. The fourth-order valence-electron chi connectivity index (χ4n) is 1.85. The molecule has 0 fully saturated rings. The lowest BCUT2D eigenvalue weighted by atomic mass is 10.1. The van der Waals surface area contributed by atoms with Crippen molar-refractivity contribution in [2.75, 3.05) is 6.54 Å². The van der Waals surface area contributed by atoms with E-state index in [1.807, 2.05) is 39.8 Å². The average Bonchev–Trinajstić information content (AvgIpc) is 2.36. The molecule has 0 bridgehead atoms. The van der Waals surface area contributed by atoms with E-state index in [1.54, 1.807) is 12.1 Å². The Hall–Kier alpha value is -1.86. The number of hydrogen-bond acceptors (Lipinski definition) is 3. The van der Waals surface area contributed by atoms with Crippen LogP contribution >= 0.6 is 0 Å². The number of rotatable bonds is 5. The maximum absolute atomic E-state index is 11.7. The van der Waals surface area contributed by atoms with Crippen molar-refractivity contribution < 1.29 is 4.79 Å². The number of amides is 1. The second-order valence-corrected chi connectivity index (χ2v) is 5.96. The molecule has 1 atom stereocenters. The lowest BCUT2D eigenvalue weighted by Gasteiger charge is -2.21. The average molecular weight is 273 g/mol. The van der Waals surface area contributed by atoms with Gasteiger partial charge in [0.15, 0.2) is 0 Å². The molecule has 0 radical (unpaired) electrons. The third-order valence-electron chi connectivity index (χ3n) is 2.86. The molecule has 2 N–H and O–H groups in total. The van der Waals surface area contributed by atoms with E-state index in [0.717, 1.165) is 5.56 Å². The number of carbonyl (C=O) groups is 1. The number of nitrogens with zero attached hydrogens (tertiary/aromatic N) is 1. The molecule has 1 aromatic rings. The lowest BCUT2D eigenvalue weighted by Crippen LogP contribution is -2.41. The van der Waals surface area contributed by atoms with Crippen molar-refractivity contribution in [2.45, 2.75) is 45.7 Å². The van der Waals surface area contributed by atoms with Crippen LogP contribution in [0.25, 0.3) is 0 Å². The predicted octanol–water partition coefficient (Wildman–Crippen LogP) is 2.51. The molecule has 0 aliphatic heterocycles. The molecule has 0 aromatic heterocycles. The van der Waals surface area contributed by atoms with Crippen LogP contribution in [0.2, 0.25) is 0 Å². The SMILES string of the molecule is CC(NCCC(=O)NC(C)(C)C)c1ccc(C#N)cc1. The van der Waals surface area contributed by atoms with Gasteiger partial charge in [0.05, 0.1) is 11.6 Å². The third-order valence-corrected chi connectivity index (χ3v) is 2.86. The smallest absolute Gasteiger partial charge is 0.221 e. The molecule has 20 heavy (non-hydrogen) atoms. The van der Waals surface area contributed by atoms with Crippen LogP contribution in [0.1, 0.15) is 51.3 Å². The van der Waals surface area contributed by atoms with Crippen molar-refractivity contribution in [3.05, 3.63) is 35.4 Å². The molecule has 108 valence electrons. The minimum atomic E-state index is -0.185. The summed E-state index contributed by atoms with van der Waals surface area (Å²) >= 11 is 0. The van der Waals surface area contributed by atoms with Crippen molar-refractivity contribution in [1.29, 1.82) is 5.26 Å². The van der Waals surface area contributed by atoms with E-state index in [1.165, 1.54) is 0 Å².